The molecule has 0 aliphatic rings. The van der Waals surface area contributed by atoms with Crippen molar-refractivity contribution < 1.29 is 13.0 Å². The minimum atomic E-state index is -4.49. The first kappa shape index (κ1) is 26.7. The van der Waals surface area contributed by atoms with Gasteiger partial charge >= 0.3 is 29.6 Å². The van der Waals surface area contributed by atoms with Gasteiger partial charge in [0.2, 0.25) is 0 Å². The standard InChI is InChI=1S/C28H22N4O3S.Na.H/c1-18-11-13-21(19-7-3-2-4-8-19)24(15-18)25-14-12-20(17-30-25)31-32-26-16-27(36(33,34)35)22-9-5-6-10-23(22)28(26)29;;/h2-17H,29H2,1H3,(H,33,34,35);;/b32-31+;;. The van der Waals surface area contributed by atoms with Crippen LogP contribution in [0, 0.1) is 6.92 Å². The predicted octanol–water partition coefficient (Wildman–Crippen LogP) is 6.47. The van der Waals surface area contributed by atoms with Gasteiger partial charge in [0.1, 0.15) is 16.3 Å². The first-order valence-corrected chi connectivity index (χ1v) is 12.6. The van der Waals surface area contributed by atoms with E-state index in [0.29, 0.717) is 16.5 Å². The summed E-state index contributed by atoms with van der Waals surface area (Å²) in [7, 11) is -4.49. The van der Waals surface area contributed by atoms with Crippen LogP contribution in [0.15, 0.2) is 112 Å². The van der Waals surface area contributed by atoms with Crippen LogP contribution in [-0.2, 0) is 10.1 Å². The van der Waals surface area contributed by atoms with Gasteiger partial charge in [0.25, 0.3) is 10.1 Å². The van der Waals surface area contributed by atoms with E-state index in [0.717, 1.165) is 27.9 Å². The maximum atomic E-state index is 11.9. The third kappa shape index (κ3) is 5.64. The van der Waals surface area contributed by atoms with Gasteiger partial charge < -0.3 is 5.73 Å². The number of hydrogen-bond acceptors (Lipinski definition) is 6. The number of fused-ring (bicyclic) bond motifs is 1. The van der Waals surface area contributed by atoms with Gasteiger partial charge in [-0.2, -0.15) is 8.42 Å². The summed E-state index contributed by atoms with van der Waals surface area (Å²) in [5.74, 6) is 0. The van der Waals surface area contributed by atoms with Crippen LogP contribution in [0.1, 0.15) is 5.56 Å². The Morgan fingerprint density at radius 3 is 2.19 bits per heavy atom. The molecule has 3 N–H and O–H groups in total. The zero-order chi connectivity index (χ0) is 25.3. The average Bonchev–Trinajstić information content (AvgIpc) is 2.88. The van der Waals surface area contributed by atoms with Crippen LogP contribution in [-0.4, -0.2) is 47.5 Å². The monoisotopic (exact) mass is 518 g/mol. The van der Waals surface area contributed by atoms with Crippen molar-refractivity contribution in [3.8, 4) is 22.4 Å². The van der Waals surface area contributed by atoms with Crippen molar-refractivity contribution in [2.45, 2.75) is 11.8 Å². The first-order valence-electron chi connectivity index (χ1n) is 11.1. The third-order valence-corrected chi connectivity index (χ3v) is 6.75. The molecule has 180 valence electrons. The summed E-state index contributed by atoms with van der Waals surface area (Å²) in [4.78, 5) is 4.32. The van der Waals surface area contributed by atoms with Crippen LogP contribution in [0.5, 0.6) is 0 Å². The number of pyridine rings is 1. The van der Waals surface area contributed by atoms with E-state index < -0.39 is 10.1 Å². The van der Waals surface area contributed by atoms with Gasteiger partial charge in [0.05, 0.1) is 17.6 Å². The average molecular weight is 519 g/mol. The van der Waals surface area contributed by atoms with E-state index in [4.69, 9.17) is 5.73 Å². The number of azo groups is 1. The molecule has 9 heteroatoms. The summed E-state index contributed by atoms with van der Waals surface area (Å²) in [6.45, 7) is 2.04. The van der Waals surface area contributed by atoms with Crippen LogP contribution in [0.2, 0.25) is 0 Å². The molecule has 0 aliphatic heterocycles. The molecule has 0 radical (unpaired) electrons. The Kier molecular flexibility index (Phi) is 7.87. The van der Waals surface area contributed by atoms with Gasteiger partial charge in [-0.3, -0.25) is 9.54 Å². The number of nitrogens with two attached hydrogens (primary N) is 1. The van der Waals surface area contributed by atoms with E-state index >= 15 is 0 Å². The fourth-order valence-corrected chi connectivity index (χ4v) is 4.82. The predicted molar refractivity (Wildman–Crippen MR) is 149 cm³/mol. The van der Waals surface area contributed by atoms with E-state index in [1.165, 1.54) is 6.07 Å². The summed E-state index contributed by atoms with van der Waals surface area (Å²) in [5, 5.41) is 9.15. The Hall–Kier alpha value is -3.40. The molecular weight excluding hydrogens is 495 g/mol. The molecule has 5 aromatic rings. The summed E-state index contributed by atoms with van der Waals surface area (Å²) < 4.78 is 33.6. The van der Waals surface area contributed by atoms with E-state index in [1.807, 2.05) is 31.2 Å². The SMILES string of the molecule is Cc1ccc(-c2ccccc2)c(-c2ccc(/N=N/c3cc(S(=O)(=O)O)c4ccccc4c3N)cn2)c1.[NaH]. The van der Waals surface area contributed by atoms with Crippen molar-refractivity contribution >= 4 is 67.5 Å². The third-order valence-electron chi connectivity index (χ3n) is 5.86. The second kappa shape index (κ2) is 10.9. The molecule has 0 amide bonds. The van der Waals surface area contributed by atoms with Gasteiger partial charge in [0.15, 0.2) is 0 Å². The number of nitrogens with zero attached hydrogens (tertiary/aromatic N) is 3. The Labute approximate surface area is 237 Å². The summed E-state index contributed by atoms with van der Waals surface area (Å²) in [6.07, 6.45) is 1.59. The van der Waals surface area contributed by atoms with Crippen LogP contribution in [0.3, 0.4) is 0 Å². The zero-order valence-electron chi connectivity index (χ0n) is 19.3. The molecule has 0 fully saturated rings. The number of benzene rings is 4. The van der Waals surface area contributed by atoms with Crippen LogP contribution < -0.4 is 5.73 Å². The number of aryl methyl sites for hydroxylation is 1. The molecule has 0 saturated heterocycles. The van der Waals surface area contributed by atoms with Gasteiger partial charge in [-0.15, -0.1) is 10.2 Å². The molecule has 0 unspecified atom stereocenters. The number of hydrogen-bond donors (Lipinski definition) is 2. The number of anilines is 1. The molecule has 0 bridgehead atoms. The molecule has 0 atom stereocenters. The topological polar surface area (TPSA) is 118 Å². The summed E-state index contributed by atoms with van der Waals surface area (Å²) in [5.41, 5.74) is 12.2. The fraction of sp³-hybridized carbons (Fsp3) is 0.0357. The summed E-state index contributed by atoms with van der Waals surface area (Å²) in [6, 6.07) is 27.9. The Bertz CT molecular complexity index is 1720. The van der Waals surface area contributed by atoms with Crippen molar-refractivity contribution in [1.82, 2.24) is 4.98 Å². The normalized spacial score (nSPS) is 11.5. The van der Waals surface area contributed by atoms with Crippen molar-refractivity contribution in [2.24, 2.45) is 10.2 Å². The number of rotatable bonds is 5. The molecule has 7 nitrogen and oxygen atoms in total. The molecule has 0 spiro atoms. The van der Waals surface area contributed by atoms with E-state index in [9.17, 15) is 13.0 Å². The maximum absolute atomic E-state index is 11.9. The number of nitrogen functional groups attached to an aromatic ring is 1. The van der Waals surface area contributed by atoms with Crippen molar-refractivity contribution in [3.63, 3.8) is 0 Å². The molecule has 0 aliphatic carbocycles. The van der Waals surface area contributed by atoms with Gasteiger partial charge in [-0.25, -0.2) is 0 Å². The molecule has 4 aromatic carbocycles. The van der Waals surface area contributed by atoms with E-state index in [1.54, 1.807) is 36.5 Å². The van der Waals surface area contributed by atoms with E-state index in [2.05, 4.69) is 45.5 Å². The quantitative estimate of drug-likeness (QED) is 0.120. The van der Waals surface area contributed by atoms with Crippen molar-refractivity contribution in [2.75, 3.05) is 5.73 Å². The van der Waals surface area contributed by atoms with E-state index in [-0.39, 0.29) is 45.8 Å². The molecular formula is C28H23N4NaO3S. The molecule has 5 rings (SSSR count). The molecule has 0 saturated carbocycles. The minimum absolute atomic E-state index is 0. The van der Waals surface area contributed by atoms with Crippen LogP contribution >= 0.6 is 0 Å². The van der Waals surface area contributed by atoms with Crippen molar-refractivity contribution in [1.29, 1.82) is 0 Å². The Balaban J connectivity index is 0.00000320. The Morgan fingerprint density at radius 2 is 1.51 bits per heavy atom. The first-order chi connectivity index (χ1) is 17.3. The van der Waals surface area contributed by atoms with Crippen LogP contribution in [0.25, 0.3) is 33.2 Å². The summed E-state index contributed by atoms with van der Waals surface area (Å²) >= 11 is 0. The molecule has 37 heavy (non-hydrogen) atoms. The molecule has 1 heterocycles. The molecule has 1 aromatic heterocycles. The second-order valence-electron chi connectivity index (χ2n) is 8.34. The number of aromatic nitrogens is 1. The Morgan fingerprint density at radius 1 is 0.811 bits per heavy atom. The van der Waals surface area contributed by atoms with Crippen molar-refractivity contribution in [3.05, 3.63) is 103 Å². The zero-order valence-corrected chi connectivity index (χ0v) is 20.1. The van der Waals surface area contributed by atoms with Crippen LogP contribution in [0.4, 0.5) is 17.1 Å². The fourth-order valence-electron chi connectivity index (χ4n) is 4.10. The van der Waals surface area contributed by atoms with Gasteiger partial charge in [0, 0.05) is 16.3 Å². The van der Waals surface area contributed by atoms with Gasteiger partial charge in [-0.1, -0.05) is 72.3 Å². The second-order valence-corrected chi connectivity index (χ2v) is 9.73. The van der Waals surface area contributed by atoms with Gasteiger partial charge in [-0.05, 0) is 42.3 Å².